The van der Waals surface area contributed by atoms with Crippen molar-refractivity contribution in [1.82, 2.24) is 14.7 Å². The van der Waals surface area contributed by atoms with E-state index in [2.05, 4.69) is 11.8 Å². The van der Waals surface area contributed by atoms with Gasteiger partial charge in [0.05, 0.1) is 29.7 Å². The van der Waals surface area contributed by atoms with E-state index in [0.29, 0.717) is 37.9 Å². The highest BCUT2D eigenvalue weighted by atomic mass is 19.1. The van der Waals surface area contributed by atoms with Gasteiger partial charge in [-0.05, 0) is 63.2 Å². The van der Waals surface area contributed by atoms with Crippen molar-refractivity contribution in [3.8, 4) is 17.3 Å². The van der Waals surface area contributed by atoms with Gasteiger partial charge in [-0.15, -0.1) is 0 Å². The molecule has 32 heavy (non-hydrogen) atoms. The smallest absolute Gasteiger partial charge is 0.227 e. The Balaban J connectivity index is 1.94. The normalized spacial score (nSPS) is 12.3. The van der Waals surface area contributed by atoms with E-state index in [1.54, 1.807) is 16.8 Å². The summed E-state index contributed by atoms with van der Waals surface area (Å²) in [5.74, 6) is 0.798. The SMILES string of the molecule is CCCN(Cc1c(C)nn(-c2ccccc2)c1Oc1ccc(F)cc1)CC(O)COCC. The van der Waals surface area contributed by atoms with Crippen LogP contribution in [0.25, 0.3) is 5.69 Å². The second-order valence-corrected chi connectivity index (χ2v) is 7.72. The van der Waals surface area contributed by atoms with Crippen LogP contribution in [0.4, 0.5) is 4.39 Å². The first kappa shape index (κ1) is 23.9. The van der Waals surface area contributed by atoms with Crippen LogP contribution >= 0.6 is 0 Å². The van der Waals surface area contributed by atoms with Gasteiger partial charge in [0.15, 0.2) is 0 Å². The minimum atomic E-state index is -0.576. The summed E-state index contributed by atoms with van der Waals surface area (Å²) >= 11 is 0. The highest BCUT2D eigenvalue weighted by Crippen LogP contribution is 2.31. The molecule has 7 heteroatoms. The number of aliphatic hydroxyl groups excluding tert-OH is 1. The van der Waals surface area contributed by atoms with Crippen LogP contribution in [0, 0.1) is 12.7 Å². The fourth-order valence-corrected chi connectivity index (χ4v) is 3.56. The molecule has 1 atom stereocenters. The van der Waals surface area contributed by atoms with Gasteiger partial charge in [-0.2, -0.15) is 5.10 Å². The molecular formula is C25H32FN3O3. The first-order valence-corrected chi connectivity index (χ1v) is 11.1. The standard InChI is InChI=1S/C25H32FN3O3/c1-4-15-28(16-22(30)18-31-5-2)17-24-19(3)27-29(21-9-7-6-8-10-21)25(24)32-23-13-11-20(26)12-14-23/h6-14,22,30H,4-5,15-18H2,1-3H3. The molecule has 1 heterocycles. The summed E-state index contributed by atoms with van der Waals surface area (Å²) in [7, 11) is 0. The molecule has 0 aliphatic heterocycles. The van der Waals surface area contributed by atoms with Gasteiger partial charge in [-0.1, -0.05) is 25.1 Å². The van der Waals surface area contributed by atoms with Crippen LogP contribution in [-0.4, -0.2) is 52.2 Å². The lowest BCUT2D eigenvalue weighted by Crippen LogP contribution is -2.35. The van der Waals surface area contributed by atoms with Gasteiger partial charge >= 0.3 is 0 Å². The van der Waals surface area contributed by atoms with E-state index >= 15 is 0 Å². The molecule has 1 aromatic heterocycles. The van der Waals surface area contributed by atoms with E-state index in [4.69, 9.17) is 14.6 Å². The third kappa shape index (κ3) is 6.38. The fourth-order valence-electron chi connectivity index (χ4n) is 3.56. The molecule has 6 nitrogen and oxygen atoms in total. The molecular weight excluding hydrogens is 409 g/mol. The number of para-hydroxylation sites is 1. The second kappa shape index (κ2) is 11.8. The Morgan fingerprint density at radius 2 is 1.81 bits per heavy atom. The van der Waals surface area contributed by atoms with Crippen molar-refractivity contribution in [3.05, 3.63) is 71.7 Å². The van der Waals surface area contributed by atoms with Crippen molar-refractivity contribution in [3.63, 3.8) is 0 Å². The highest BCUT2D eigenvalue weighted by Gasteiger charge is 2.22. The molecule has 0 fully saturated rings. The van der Waals surface area contributed by atoms with Gasteiger partial charge in [0.1, 0.15) is 11.6 Å². The molecule has 0 spiro atoms. The van der Waals surface area contributed by atoms with Gasteiger partial charge in [-0.25, -0.2) is 9.07 Å². The summed E-state index contributed by atoms with van der Waals surface area (Å²) in [4.78, 5) is 2.18. The molecule has 0 aliphatic rings. The minimum absolute atomic E-state index is 0.303. The molecule has 0 saturated carbocycles. The van der Waals surface area contributed by atoms with Crippen molar-refractivity contribution in [2.75, 3.05) is 26.3 Å². The number of aryl methyl sites for hydroxylation is 1. The van der Waals surface area contributed by atoms with Gasteiger partial charge in [-0.3, -0.25) is 4.90 Å². The predicted octanol–water partition coefficient (Wildman–Crippen LogP) is 4.72. The summed E-state index contributed by atoms with van der Waals surface area (Å²) in [5, 5.41) is 15.1. The maximum atomic E-state index is 13.4. The zero-order valence-corrected chi connectivity index (χ0v) is 19.0. The number of aromatic nitrogens is 2. The average Bonchev–Trinajstić information content (AvgIpc) is 3.09. The van der Waals surface area contributed by atoms with Crippen LogP contribution in [-0.2, 0) is 11.3 Å². The maximum absolute atomic E-state index is 13.4. The number of ether oxygens (including phenoxy) is 2. The number of hydrogen-bond acceptors (Lipinski definition) is 5. The van der Waals surface area contributed by atoms with E-state index in [1.807, 2.05) is 44.2 Å². The quantitative estimate of drug-likeness (QED) is 0.441. The van der Waals surface area contributed by atoms with Crippen LogP contribution in [0.3, 0.4) is 0 Å². The number of nitrogens with zero attached hydrogens (tertiary/aromatic N) is 3. The Hall–Kier alpha value is -2.74. The van der Waals surface area contributed by atoms with E-state index in [9.17, 15) is 9.50 Å². The van der Waals surface area contributed by atoms with Crippen molar-refractivity contribution in [2.24, 2.45) is 0 Å². The summed E-state index contributed by atoms with van der Waals surface area (Å²) in [6.07, 6.45) is 0.369. The monoisotopic (exact) mass is 441 g/mol. The lowest BCUT2D eigenvalue weighted by atomic mass is 10.2. The molecule has 0 radical (unpaired) electrons. The van der Waals surface area contributed by atoms with Gasteiger partial charge in [0.2, 0.25) is 5.88 Å². The largest absolute Gasteiger partial charge is 0.439 e. The number of aliphatic hydroxyl groups is 1. The number of halogens is 1. The number of benzene rings is 2. The first-order chi connectivity index (χ1) is 15.5. The summed E-state index contributed by atoms with van der Waals surface area (Å²) in [6.45, 7) is 8.71. The fraction of sp³-hybridized carbons (Fsp3) is 0.400. The van der Waals surface area contributed by atoms with Gasteiger partial charge in [0.25, 0.3) is 0 Å². The third-order valence-corrected chi connectivity index (χ3v) is 5.07. The lowest BCUT2D eigenvalue weighted by Gasteiger charge is -2.25. The second-order valence-electron chi connectivity index (χ2n) is 7.72. The third-order valence-electron chi connectivity index (χ3n) is 5.07. The zero-order valence-electron chi connectivity index (χ0n) is 19.0. The minimum Gasteiger partial charge on any atom is -0.439 e. The van der Waals surface area contributed by atoms with Crippen LogP contribution in [0.5, 0.6) is 11.6 Å². The van der Waals surface area contributed by atoms with Crippen molar-refractivity contribution in [1.29, 1.82) is 0 Å². The van der Waals surface area contributed by atoms with Crippen LogP contribution < -0.4 is 4.74 Å². The van der Waals surface area contributed by atoms with E-state index in [-0.39, 0.29) is 5.82 Å². The molecule has 1 unspecified atom stereocenters. The van der Waals surface area contributed by atoms with Crippen LogP contribution in [0.1, 0.15) is 31.5 Å². The number of hydrogen-bond donors (Lipinski definition) is 1. The first-order valence-electron chi connectivity index (χ1n) is 11.1. The van der Waals surface area contributed by atoms with Crippen LogP contribution in [0.2, 0.25) is 0 Å². The van der Waals surface area contributed by atoms with E-state index < -0.39 is 6.10 Å². The molecule has 0 bridgehead atoms. The lowest BCUT2D eigenvalue weighted by molar-refractivity contribution is 0.0195. The van der Waals surface area contributed by atoms with E-state index in [1.165, 1.54) is 12.1 Å². The van der Waals surface area contributed by atoms with Crippen molar-refractivity contribution >= 4 is 0 Å². The van der Waals surface area contributed by atoms with Crippen LogP contribution in [0.15, 0.2) is 54.6 Å². The van der Waals surface area contributed by atoms with Crippen molar-refractivity contribution < 1.29 is 19.0 Å². The molecule has 0 amide bonds. The van der Waals surface area contributed by atoms with Gasteiger partial charge < -0.3 is 14.6 Å². The van der Waals surface area contributed by atoms with E-state index in [0.717, 1.165) is 29.9 Å². The zero-order chi connectivity index (χ0) is 22.9. The molecule has 3 aromatic rings. The molecule has 0 aliphatic carbocycles. The Morgan fingerprint density at radius 3 is 2.47 bits per heavy atom. The molecule has 3 rings (SSSR count). The predicted molar refractivity (Wildman–Crippen MR) is 123 cm³/mol. The average molecular weight is 442 g/mol. The number of rotatable bonds is 12. The Morgan fingerprint density at radius 1 is 1.09 bits per heavy atom. The Bertz CT molecular complexity index is 961. The Kier molecular flexibility index (Phi) is 8.79. The molecule has 2 aromatic carbocycles. The topological polar surface area (TPSA) is 59.8 Å². The molecule has 1 N–H and O–H groups in total. The summed E-state index contributed by atoms with van der Waals surface area (Å²) in [5.41, 5.74) is 2.64. The Labute approximate surface area is 189 Å². The highest BCUT2D eigenvalue weighted by molar-refractivity contribution is 5.43. The molecule has 0 saturated heterocycles. The van der Waals surface area contributed by atoms with Gasteiger partial charge in [0, 0.05) is 19.7 Å². The summed E-state index contributed by atoms with van der Waals surface area (Å²) < 4.78 is 26.8. The summed E-state index contributed by atoms with van der Waals surface area (Å²) in [6, 6.07) is 15.7. The maximum Gasteiger partial charge on any atom is 0.227 e. The van der Waals surface area contributed by atoms with Crippen molar-refractivity contribution in [2.45, 2.75) is 39.8 Å². The molecule has 172 valence electrons.